The summed E-state index contributed by atoms with van der Waals surface area (Å²) in [4.78, 5) is 32.4. The van der Waals surface area contributed by atoms with E-state index in [1.807, 2.05) is 30.0 Å². The van der Waals surface area contributed by atoms with E-state index in [2.05, 4.69) is 18.6 Å². The normalized spacial score (nSPS) is 16.2. The van der Waals surface area contributed by atoms with E-state index in [0.717, 1.165) is 27.8 Å². The Bertz CT molecular complexity index is 1320. The lowest BCUT2D eigenvalue weighted by Gasteiger charge is -2.24. The zero-order valence-electron chi connectivity index (χ0n) is 19.1. The van der Waals surface area contributed by atoms with Crippen molar-refractivity contribution in [1.82, 2.24) is 19.5 Å². The van der Waals surface area contributed by atoms with E-state index in [4.69, 9.17) is 15.5 Å². The molecular formula is C25H27N5O3. The quantitative estimate of drug-likeness (QED) is 0.577. The number of nitrogens with zero attached hydrogens (tertiary/aromatic N) is 4. The van der Waals surface area contributed by atoms with Gasteiger partial charge in [-0.15, -0.1) is 5.10 Å². The number of nitrogen functional groups attached to an aromatic ring is 1. The first-order chi connectivity index (χ1) is 15.8. The van der Waals surface area contributed by atoms with Gasteiger partial charge in [0, 0.05) is 24.3 Å². The first kappa shape index (κ1) is 21.2. The molecule has 1 saturated carbocycles. The maximum atomic E-state index is 13.3. The lowest BCUT2D eigenvalue weighted by atomic mass is 9.94. The average molecular weight is 446 g/mol. The Hall–Kier alpha value is -3.68. The molecule has 2 N–H and O–H groups in total. The van der Waals surface area contributed by atoms with E-state index < -0.39 is 5.97 Å². The van der Waals surface area contributed by atoms with Crippen LogP contribution in [-0.2, 0) is 11.3 Å². The van der Waals surface area contributed by atoms with Gasteiger partial charge in [0.25, 0.3) is 5.91 Å². The molecule has 0 saturated heterocycles. The molecule has 170 valence electrons. The number of nitrogens with two attached hydrogens (primary N) is 1. The number of esters is 1. The zero-order valence-corrected chi connectivity index (χ0v) is 19.1. The first-order valence-corrected chi connectivity index (χ1v) is 11.3. The second-order valence-corrected chi connectivity index (χ2v) is 8.91. The van der Waals surface area contributed by atoms with Gasteiger partial charge in [-0.05, 0) is 68.9 Å². The van der Waals surface area contributed by atoms with Gasteiger partial charge >= 0.3 is 5.97 Å². The molecule has 0 unspecified atom stereocenters. The van der Waals surface area contributed by atoms with Crippen LogP contribution in [0.3, 0.4) is 0 Å². The van der Waals surface area contributed by atoms with E-state index in [9.17, 15) is 9.59 Å². The van der Waals surface area contributed by atoms with Crippen LogP contribution in [0, 0.1) is 5.92 Å². The number of carbonyl (C=O) groups excluding carboxylic acids is 2. The number of carbonyl (C=O) groups is 2. The molecule has 33 heavy (non-hydrogen) atoms. The van der Waals surface area contributed by atoms with Gasteiger partial charge < -0.3 is 15.4 Å². The van der Waals surface area contributed by atoms with Gasteiger partial charge in [0.15, 0.2) is 11.5 Å². The minimum atomic E-state index is -0.554. The molecular weight excluding hydrogens is 418 g/mol. The molecule has 0 radical (unpaired) electrons. The van der Waals surface area contributed by atoms with E-state index in [1.165, 1.54) is 17.4 Å². The molecule has 3 heterocycles. The van der Waals surface area contributed by atoms with Crippen LogP contribution in [0.5, 0.6) is 0 Å². The number of hydrogen-bond donors (Lipinski definition) is 1. The number of fused-ring (bicyclic) bond motifs is 2. The van der Waals surface area contributed by atoms with E-state index >= 15 is 0 Å². The van der Waals surface area contributed by atoms with Crippen LogP contribution >= 0.6 is 0 Å². The molecule has 1 aliphatic heterocycles. The fourth-order valence-electron chi connectivity index (χ4n) is 4.63. The van der Waals surface area contributed by atoms with E-state index in [1.54, 1.807) is 13.1 Å². The number of anilines is 1. The highest BCUT2D eigenvalue weighted by molar-refractivity contribution is 6.04. The molecule has 1 fully saturated rings. The molecule has 1 amide bonds. The Morgan fingerprint density at radius 1 is 1.36 bits per heavy atom. The van der Waals surface area contributed by atoms with Crippen LogP contribution in [0.1, 0.15) is 65.5 Å². The van der Waals surface area contributed by atoms with Gasteiger partial charge in [0.2, 0.25) is 0 Å². The van der Waals surface area contributed by atoms with Crippen molar-refractivity contribution in [3.63, 3.8) is 0 Å². The number of amides is 1. The van der Waals surface area contributed by atoms with Gasteiger partial charge in [-0.1, -0.05) is 12.2 Å². The summed E-state index contributed by atoms with van der Waals surface area (Å²) in [6, 6.07) is 6.01. The summed E-state index contributed by atoms with van der Waals surface area (Å²) in [6.45, 7) is 10.7. The van der Waals surface area contributed by atoms with Crippen molar-refractivity contribution in [1.29, 1.82) is 0 Å². The lowest BCUT2D eigenvalue weighted by Crippen LogP contribution is -2.34. The summed E-state index contributed by atoms with van der Waals surface area (Å²) in [5, 5.41) is 4.18. The lowest BCUT2D eigenvalue weighted by molar-refractivity contribution is 0.0529. The van der Waals surface area contributed by atoms with Gasteiger partial charge in [0.05, 0.1) is 17.9 Å². The first-order valence-electron chi connectivity index (χ1n) is 11.3. The third kappa shape index (κ3) is 3.46. The van der Waals surface area contributed by atoms with Crippen LogP contribution < -0.4 is 5.73 Å². The van der Waals surface area contributed by atoms with Crippen LogP contribution in [0.4, 0.5) is 5.82 Å². The predicted molar refractivity (Wildman–Crippen MR) is 126 cm³/mol. The third-order valence-electron chi connectivity index (χ3n) is 6.58. The van der Waals surface area contributed by atoms with Crippen molar-refractivity contribution in [3.8, 4) is 11.3 Å². The van der Waals surface area contributed by atoms with Crippen molar-refractivity contribution in [2.75, 3.05) is 12.3 Å². The van der Waals surface area contributed by atoms with Crippen LogP contribution in [-0.4, -0.2) is 44.0 Å². The summed E-state index contributed by atoms with van der Waals surface area (Å²) in [5.74, 6) is 0.186. The number of allylic oxidation sites excluding steroid dienone is 1. The predicted octanol–water partition coefficient (Wildman–Crippen LogP) is 3.94. The summed E-state index contributed by atoms with van der Waals surface area (Å²) in [5.41, 5.74) is 11.3. The largest absolute Gasteiger partial charge is 0.462 e. The van der Waals surface area contributed by atoms with Gasteiger partial charge in [0.1, 0.15) is 5.56 Å². The van der Waals surface area contributed by atoms with E-state index in [0.29, 0.717) is 23.8 Å². The molecule has 8 nitrogen and oxygen atoms in total. The summed E-state index contributed by atoms with van der Waals surface area (Å²) < 4.78 is 6.61. The highest BCUT2D eigenvalue weighted by Crippen LogP contribution is 2.40. The molecule has 0 bridgehead atoms. The zero-order chi connectivity index (χ0) is 23.4. The van der Waals surface area contributed by atoms with Crippen molar-refractivity contribution in [2.45, 2.75) is 46.2 Å². The number of aromatic nitrogens is 3. The van der Waals surface area contributed by atoms with Gasteiger partial charge in [-0.25, -0.2) is 14.3 Å². The molecule has 3 aromatic rings. The molecule has 1 aromatic carbocycles. The highest BCUT2D eigenvalue weighted by atomic mass is 16.5. The maximum absolute atomic E-state index is 13.3. The summed E-state index contributed by atoms with van der Waals surface area (Å²) >= 11 is 0. The van der Waals surface area contributed by atoms with Gasteiger partial charge in [-0.3, -0.25) is 4.79 Å². The number of benzene rings is 1. The summed E-state index contributed by atoms with van der Waals surface area (Å²) in [7, 11) is 0. The summed E-state index contributed by atoms with van der Waals surface area (Å²) in [6.07, 6.45) is 4.08. The second kappa shape index (κ2) is 7.72. The molecule has 0 spiro atoms. The molecule has 1 aliphatic carbocycles. The molecule has 8 heteroatoms. The van der Waals surface area contributed by atoms with Crippen molar-refractivity contribution in [2.24, 2.45) is 5.92 Å². The van der Waals surface area contributed by atoms with Gasteiger partial charge in [-0.2, -0.15) is 0 Å². The standard InChI is InChI=1S/C25H27N5O3/c1-5-33-25(32)21-22(26)28-30-9-8-19(27-23(21)30)16-10-17-12-29(14(4)15-6-7-15)24(31)20(17)18(11-16)13(2)3/h8-11,14-15H,2,5-7,12H2,1,3-4H3,(H2,26,28)/t14-/m0/s1. The van der Waals surface area contributed by atoms with Crippen molar-refractivity contribution in [3.05, 3.63) is 53.2 Å². The number of rotatable bonds is 6. The fourth-order valence-corrected chi connectivity index (χ4v) is 4.63. The molecule has 1 atom stereocenters. The smallest absolute Gasteiger partial charge is 0.345 e. The molecule has 2 aromatic heterocycles. The fraction of sp³-hybridized carbons (Fsp3) is 0.360. The topological polar surface area (TPSA) is 103 Å². The minimum Gasteiger partial charge on any atom is -0.462 e. The average Bonchev–Trinajstić information content (AvgIpc) is 3.50. The van der Waals surface area contributed by atoms with Crippen LogP contribution in [0.2, 0.25) is 0 Å². The van der Waals surface area contributed by atoms with Crippen molar-refractivity contribution < 1.29 is 14.3 Å². The third-order valence-corrected chi connectivity index (χ3v) is 6.58. The minimum absolute atomic E-state index is 0.0741. The SMILES string of the molecule is C=C(C)c1cc(-c2ccn3nc(N)c(C(=O)OCC)c3n2)cc2c1C(=O)N([C@@H](C)C1CC1)C2. The Morgan fingerprint density at radius 2 is 2.12 bits per heavy atom. The maximum Gasteiger partial charge on any atom is 0.345 e. The number of hydrogen-bond acceptors (Lipinski definition) is 6. The van der Waals surface area contributed by atoms with Crippen LogP contribution in [0.15, 0.2) is 31.0 Å². The van der Waals surface area contributed by atoms with Crippen LogP contribution in [0.25, 0.3) is 22.5 Å². The Balaban J connectivity index is 1.61. The Labute approximate surface area is 192 Å². The molecule has 2 aliphatic rings. The van der Waals surface area contributed by atoms with E-state index in [-0.39, 0.29) is 29.9 Å². The second-order valence-electron chi connectivity index (χ2n) is 8.91. The number of ether oxygens (including phenoxy) is 1. The highest BCUT2D eigenvalue weighted by Gasteiger charge is 2.39. The monoisotopic (exact) mass is 445 g/mol. The van der Waals surface area contributed by atoms with Crippen molar-refractivity contribution >= 4 is 28.9 Å². The Kier molecular flexibility index (Phi) is 4.96. The molecule has 5 rings (SSSR count). The Morgan fingerprint density at radius 3 is 2.79 bits per heavy atom.